The van der Waals surface area contributed by atoms with Crippen LogP contribution in [-0.4, -0.2) is 54.9 Å². The van der Waals surface area contributed by atoms with Crippen LogP contribution in [0.1, 0.15) is 52.2 Å². The van der Waals surface area contributed by atoms with Crippen molar-refractivity contribution in [3.05, 3.63) is 53.6 Å². The van der Waals surface area contributed by atoms with Crippen LogP contribution in [0.3, 0.4) is 0 Å². The molecule has 1 saturated heterocycles. The third-order valence-electron chi connectivity index (χ3n) is 6.94. The SMILES string of the molecule is CC(C)[C@@H]1N(C(=O)OC(C)(C)C)CC[C@@]12C(=O)N(c1ccc(CO)c(S(C)(=O)=O)c1)c1ccccc12. The second-order valence-electron chi connectivity index (χ2n) is 11.0. The van der Waals surface area contributed by atoms with Gasteiger partial charge in [-0.1, -0.05) is 38.1 Å². The van der Waals surface area contributed by atoms with E-state index in [0.717, 1.165) is 11.8 Å². The quantitative estimate of drug-likeness (QED) is 0.657. The number of rotatable bonds is 4. The van der Waals surface area contributed by atoms with Crippen LogP contribution >= 0.6 is 0 Å². The lowest BCUT2D eigenvalue weighted by molar-refractivity contribution is -0.123. The zero-order valence-corrected chi connectivity index (χ0v) is 22.4. The summed E-state index contributed by atoms with van der Waals surface area (Å²) in [5.41, 5.74) is 0.479. The van der Waals surface area contributed by atoms with E-state index in [0.29, 0.717) is 24.3 Å². The summed E-state index contributed by atoms with van der Waals surface area (Å²) in [6.07, 6.45) is 1.06. The van der Waals surface area contributed by atoms with Crippen LogP contribution in [-0.2, 0) is 31.4 Å². The maximum atomic E-state index is 14.4. The van der Waals surface area contributed by atoms with Crippen LogP contribution in [0, 0.1) is 5.92 Å². The number of aliphatic hydroxyl groups excluding tert-OH is 1. The third-order valence-corrected chi connectivity index (χ3v) is 8.12. The molecule has 1 spiro atoms. The maximum absolute atomic E-state index is 14.4. The summed E-state index contributed by atoms with van der Waals surface area (Å²) >= 11 is 0. The molecule has 1 fully saturated rings. The number of hydrogen-bond acceptors (Lipinski definition) is 6. The second-order valence-corrected chi connectivity index (χ2v) is 12.9. The van der Waals surface area contributed by atoms with Gasteiger partial charge in [0.25, 0.3) is 0 Å². The van der Waals surface area contributed by atoms with E-state index in [9.17, 15) is 23.1 Å². The molecule has 0 bridgehead atoms. The Labute approximate surface area is 212 Å². The van der Waals surface area contributed by atoms with Crippen molar-refractivity contribution in [2.24, 2.45) is 5.92 Å². The van der Waals surface area contributed by atoms with Gasteiger partial charge < -0.3 is 14.7 Å². The van der Waals surface area contributed by atoms with Crippen LogP contribution in [0.4, 0.5) is 16.2 Å². The second kappa shape index (κ2) is 8.88. The van der Waals surface area contributed by atoms with Crippen molar-refractivity contribution >= 4 is 33.2 Å². The molecule has 9 heteroatoms. The highest BCUT2D eigenvalue weighted by Gasteiger charge is 2.62. The minimum Gasteiger partial charge on any atom is -0.444 e. The molecule has 1 N–H and O–H groups in total. The lowest BCUT2D eigenvalue weighted by Gasteiger charge is -2.37. The van der Waals surface area contributed by atoms with E-state index in [-0.39, 0.29) is 22.3 Å². The Kier molecular flexibility index (Phi) is 6.46. The van der Waals surface area contributed by atoms with E-state index in [1.165, 1.54) is 12.1 Å². The number of ether oxygens (including phenoxy) is 1. The van der Waals surface area contributed by atoms with Crippen molar-refractivity contribution in [1.82, 2.24) is 4.90 Å². The molecular weight excluding hydrogens is 480 g/mol. The first kappa shape index (κ1) is 26.2. The van der Waals surface area contributed by atoms with Crippen LogP contribution in [0.5, 0.6) is 0 Å². The van der Waals surface area contributed by atoms with Gasteiger partial charge >= 0.3 is 6.09 Å². The van der Waals surface area contributed by atoms with E-state index in [1.54, 1.807) is 15.9 Å². The number of sulfone groups is 1. The van der Waals surface area contributed by atoms with Crippen molar-refractivity contribution in [2.45, 2.75) is 69.6 Å². The molecule has 0 aliphatic carbocycles. The van der Waals surface area contributed by atoms with E-state index in [4.69, 9.17) is 4.74 Å². The fourth-order valence-electron chi connectivity index (χ4n) is 5.72. The average Bonchev–Trinajstić information content (AvgIpc) is 3.30. The van der Waals surface area contributed by atoms with Gasteiger partial charge in [-0.15, -0.1) is 0 Å². The van der Waals surface area contributed by atoms with Crippen LogP contribution < -0.4 is 4.90 Å². The summed E-state index contributed by atoms with van der Waals surface area (Å²) in [6, 6.07) is 11.7. The minimum absolute atomic E-state index is 0.0176. The number of benzene rings is 2. The fraction of sp³-hybridized carbons (Fsp3) is 0.481. The molecule has 36 heavy (non-hydrogen) atoms. The van der Waals surface area contributed by atoms with E-state index in [1.807, 2.05) is 58.9 Å². The number of para-hydroxylation sites is 1. The third kappa shape index (κ3) is 4.18. The van der Waals surface area contributed by atoms with Gasteiger partial charge in [-0.2, -0.15) is 0 Å². The fourth-order valence-corrected chi connectivity index (χ4v) is 6.66. The normalized spacial score (nSPS) is 22.0. The molecular formula is C27H34N2O6S. The topological polar surface area (TPSA) is 104 Å². The summed E-state index contributed by atoms with van der Waals surface area (Å²) in [7, 11) is -3.65. The number of fused-ring (bicyclic) bond motifs is 2. The van der Waals surface area contributed by atoms with Crippen LogP contribution in [0.15, 0.2) is 47.4 Å². The Balaban J connectivity index is 1.87. The molecule has 2 aromatic rings. The highest BCUT2D eigenvalue weighted by atomic mass is 32.2. The number of aliphatic hydroxyl groups is 1. The first-order chi connectivity index (χ1) is 16.7. The molecule has 2 amide bonds. The van der Waals surface area contributed by atoms with Gasteiger partial charge in [0, 0.05) is 12.8 Å². The molecule has 0 aromatic heterocycles. The predicted molar refractivity (Wildman–Crippen MR) is 137 cm³/mol. The molecule has 0 unspecified atom stereocenters. The zero-order valence-electron chi connectivity index (χ0n) is 21.6. The molecule has 194 valence electrons. The van der Waals surface area contributed by atoms with Gasteiger partial charge in [0.2, 0.25) is 5.91 Å². The van der Waals surface area contributed by atoms with Crippen LogP contribution in [0.2, 0.25) is 0 Å². The van der Waals surface area contributed by atoms with E-state index in [2.05, 4.69) is 0 Å². The Morgan fingerprint density at radius 1 is 1.19 bits per heavy atom. The number of carbonyl (C=O) groups is 2. The van der Waals surface area contributed by atoms with Crippen molar-refractivity contribution in [1.29, 1.82) is 0 Å². The van der Waals surface area contributed by atoms with Crippen molar-refractivity contribution in [2.75, 3.05) is 17.7 Å². The molecule has 0 saturated carbocycles. The maximum Gasteiger partial charge on any atom is 0.410 e. The molecule has 0 radical (unpaired) electrons. The Hall–Kier alpha value is -2.91. The molecule has 2 atom stereocenters. The Bertz CT molecular complexity index is 1310. The lowest BCUT2D eigenvalue weighted by atomic mass is 9.71. The number of hydrogen-bond donors (Lipinski definition) is 1. The largest absolute Gasteiger partial charge is 0.444 e. The predicted octanol–water partition coefficient (Wildman–Crippen LogP) is 4.16. The molecule has 2 aromatic carbocycles. The van der Waals surface area contributed by atoms with E-state index < -0.39 is 39.6 Å². The Morgan fingerprint density at radius 3 is 2.44 bits per heavy atom. The highest BCUT2D eigenvalue weighted by Crippen LogP contribution is 2.54. The first-order valence-corrected chi connectivity index (χ1v) is 14.0. The van der Waals surface area contributed by atoms with Gasteiger partial charge in [0.05, 0.1) is 34.3 Å². The number of likely N-dealkylation sites (tertiary alicyclic amines) is 1. The van der Waals surface area contributed by atoms with Gasteiger partial charge in [0.15, 0.2) is 9.84 Å². The summed E-state index contributed by atoms with van der Waals surface area (Å²) in [4.78, 5) is 30.8. The smallest absolute Gasteiger partial charge is 0.410 e. The van der Waals surface area contributed by atoms with E-state index >= 15 is 0 Å². The molecule has 8 nitrogen and oxygen atoms in total. The number of amides is 2. The van der Waals surface area contributed by atoms with Crippen molar-refractivity contribution in [3.63, 3.8) is 0 Å². The van der Waals surface area contributed by atoms with Crippen molar-refractivity contribution in [3.8, 4) is 0 Å². The number of anilines is 2. The summed E-state index contributed by atoms with van der Waals surface area (Å²) < 4.78 is 30.6. The van der Waals surface area contributed by atoms with Gasteiger partial charge in [-0.3, -0.25) is 9.69 Å². The van der Waals surface area contributed by atoms with Gasteiger partial charge in [0.1, 0.15) is 5.60 Å². The molecule has 2 heterocycles. The van der Waals surface area contributed by atoms with Gasteiger partial charge in [-0.05, 0) is 62.4 Å². The Morgan fingerprint density at radius 2 is 1.86 bits per heavy atom. The highest BCUT2D eigenvalue weighted by molar-refractivity contribution is 7.90. The molecule has 2 aliphatic heterocycles. The minimum atomic E-state index is -3.65. The summed E-state index contributed by atoms with van der Waals surface area (Å²) in [5.74, 6) is -0.259. The summed E-state index contributed by atoms with van der Waals surface area (Å²) in [6.45, 7) is 9.36. The van der Waals surface area contributed by atoms with Crippen molar-refractivity contribution < 1.29 is 27.9 Å². The average molecular weight is 515 g/mol. The number of nitrogens with zero attached hydrogens (tertiary/aromatic N) is 2. The standard InChI is InChI=1S/C27H34N2O6S/c1-17(2)23-27(13-14-28(23)25(32)35-26(3,4)5)20-9-7-8-10-21(20)29(24(27)31)19-12-11-18(16-30)22(15-19)36(6,33)34/h7-12,15,17,23,30H,13-14,16H2,1-6H3/t23-,27-/m0/s1. The number of carbonyl (C=O) groups excluding carboxylic acids is 2. The van der Waals surface area contributed by atoms with Crippen LogP contribution in [0.25, 0.3) is 0 Å². The molecule has 2 aliphatic rings. The monoisotopic (exact) mass is 514 g/mol. The van der Waals surface area contributed by atoms with Gasteiger partial charge in [-0.25, -0.2) is 13.2 Å². The first-order valence-electron chi connectivity index (χ1n) is 12.1. The zero-order chi connectivity index (χ0) is 26.6. The molecule has 4 rings (SSSR count). The lowest BCUT2D eigenvalue weighted by Crippen LogP contribution is -2.53. The summed E-state index contributed by atoms with van der Waals surface area (Å²) in [5, 5.41) is 9.68.